The van der Waals surface area contributed by atoms with Gasteiger partial charge in [0.1, 0.15) is 17.3 Å². The summed E-state index contributed by atoms with van der Waals surface area (Å²) in [6.45, 7) is 0. The van der Waals surface area contributed by atoms with Crippen LogP contribution < -0.4 is 15.2 Å². The average Bonchev–Trinajstić information content (AvgIpc) is 2.56. The van der Waals surface area contributed by atoms with E-state index in [4.69, 9.17) is 26.8 Å². The molecule has 2 aromatic carbocycles. The summed E-state index contributed by atoms with van der Waals surface area (Å²) >= 11 is 5.48. The third-order valence-electron chi connectivity index (χ3n) is 3.09. The molecule has 0 unspecified atom stereocenters. The van der Waals surface area contributed by atoms with Gasteiger partial charge in [0.2, 0.25) is 0 Å². The normalized spacial score (nSPS) is 9.52. The van der Waals surface area contributed by atoms with Crippen LogP contribution in [-0.4, -0.2) is 25.9 Å². The second-order valence-corrected chi connectivity index (χ2v) is 5.09. The third kappa shape index (κ3) is 6.61. The maximum atomic E-state index is 11.3. The lowest BCUT2D eigenvalue weighted by Gasteiger charge is -2.06. The van der Waals surface area contributed by atoms with Crippen molar-refractivity contribution in [2.75, 3.05) is 25.8 Å². The predicted molar refractivity (Wildman–Crippen MR) is 94.4 cm³/mol. The maximum Gasteiger partial charge on any atom is 0.141 e. The molecule has 5 heteroatoms. The molecule has 0 aliphatic carbocycles. The van der Waals surface area contributed by atoms with Crippen LogP contribution in [0.25, 0.3) is 0 Å². The van der Waals surface area contributed by atoms with Crippen molar-refractivity contribution >= 4 is 23.1 Å². The smallest absolute Gasteiger partial charge is 0.141 e. The van der Waals surface area contributed by atoms with E-state index in [0.29, 0.717) is 24.4 Å². The first-order chi connectivity index (χ1) is 11.1. The van der Waals surface area contributed by atoms with Crippen molar-refractivity contribution in [2.24, 2.45) is 0 Å². The first-order valence-corrected chi connectivity index (χ1v) is 7.73. The highest BCUT2D eigenvalue weighted by atomic mass is 35.5. The number of hydrogen-bond donors (Lipinski definition) is 1. The van der Waals surface area contributed by atoms with Crippen LogP contribution in [0, 0.1) is 0 Å². The number of benzene rings is 2. The van der Waals surface area contributed by atoms with Crippen molar-refractivity contribution < 1.29 is 14.3 Å². The van der Waals surface area contributed by atoms with Crippen molar-refractivity contribution in [1.29, 1.82) is 0 Å². The molecule has 0 aromatic heterocycles. The van der Waals surface area contributed by atoms with E-state index in [1.54, 1.807) is 20.3 Å². The molecule has 124 valence electrons. The highest BCUT2D eigenvalue weighted by molar-refractivity contribution is 6.19. The second kappa shape index (κ2) is 10.5. The van der Waals surface area contributed by atoms with Crippen molar-refractivity contribution in [1.82, 2.24) is 0 Å². The van der Waals surface area contributed by atoms with E-state index in [2.05, 4.69) is 0 Å². The number of carbonyl (C=O) groups excluding carboxylic acids is 1. The Balaban J connectivity index is 0.000000253. The first kappa shape index (κ1) is 18.8. The number of ketones is 1. The number of methoxy groups -OCH3 is 2. The lowest BCUT2D eigenvalue weighted by Crippen LogP contribution is -2.04. The number of carbonyl (C=O) groups is 1. The van der Waals surface area contributed by atoms with E-state index in [1.165, 1.54) is 0 Å². The van der Waals surface area contributed by atoms with Crippen LogP contribution in [-0.2, 0) is 11.2 Å². The number of alkyl halides is 1. The molecular formula is C18H22ClNO3. The number of para-hydroxylation sites is 3. The van der Waals surface area contributed by atoms with Gasteiger partial charge in [-0.1, -0.05) is 30.3 Å². The molecule has 2 rings (SSSR count). The standard InChI is InChI=1S/C11H13ClO2.C7H9NO/c1-14-11-5-3-2-4-9(11)8-10(13)6-7-12;1-9-7-5-3-2-4-6(7)8/h2-5H,6-8H2,1H3;2-5H,8H2,1H3. The van der Waals surface area contributed by atoms with Gasteiger partial charge in [-0.3, -0.25) is 4.79 Å². The van der Waals surface area contributed by atoms with Crippen LogP contribution in [0.5, 0.6) is 11.5 Å². The molecule has 4 nitrogen and oxygen atoms in total. The Hall–Kier alpha value is -2.20. The Labute approximate surface area is 142 Å². The highest BCUT2D eigenvalue weighted by Crippen LogP contribution is 2.19. The molecule has 0 atom stereocenters. The number of hydrogen-bond acceptors (Lipinski definition) is 4. The number of ether oxygens (including phenoxy) is 2. The number of halogens is 1. The fourth-order valence-electron chi connectivity index (χ4n) is 1.92. The van der Waals surface area contributed by atoms with Crippen molar-refractivity contribution in [3.8, 4) is 11.5 Å². The second-order valence-electron chi connectivity index (χ2n) is 4.71. The number of nitrogens with two attached hydrogens (primary N) is 1. The SMILES string of the molecule is COc1ccccc1CC(=O)CCCl.COc1ccccc1N. The van der Waals surface area contributed by atoms with Gasteiger partial charge >= 0.3 is 0 Å². The summed E-state index contributed by atoms with van der Waals surface area (Å²) in [5.41, 5.74) is 7.11. The van der Waals surface area contributed by atoms with E-state index in [1.807, 2.05) is 42.5 Å². The van der Waals surface area contributed by atoms with Gasteiger partial charge in [-0.15, -0.1) is 11.6 Å². The zero-order chi connectivity index (χ0) is 17.1. The number of rotatable bonds is 6. The summed E-state index contributed by atoms with van der Waals surface area (Å²) in [7, 11) is 3.20. The molecule has 0 saturated heterocycles. The van der Waals surface area contributed by atoms with E-state index < -0.39 is 0 Å². The molecule has 0 aliphatic rings. The van der Waals surface area contributed by atoms with Gasteiger partial charge in [-0.05, 0) is 18.2 Å². The molecule has 0 spiro atoms. The van der Waals surface area contributed by atoms with Crippen LogP contribution in [0.3, 0.4) is 0 Å². The van der Waals surface area contributed by atoms with Gasteiger partial charge in [-0.25, -0.2) is 0 Å². The monoisotopic (exact) mass is 335 g/mol. The molecule has 0 amide bonds. The van der Waals surface area contributed by atoms with Crippen LogP contribution in [0.1, 0.15) is 12.0 Å². The Morgan fingerprint density at radius 3 is 2.09 bits per heavy atom. The molecule has 0 aliphatic heterocycles. The Kier molecular flexibility index (Phi) is 8.62. The summed E-state index contributed by atoms with van der Waals surface area (Å²) < 4.78 is 10.1. The van der Waals surface area contributed by atoms with Crippen LogP contribution in [0.4, 0.5) is 5.69 Å². The number of Topliss-reactive ketones (excluding diaryl/α,β-unsaturated/α-hetero) is 1. The minimum Gasteiger partial charge on any atom is -0.496 e. The predicted octanol–water partition coefficient (Wildman–Crippen LogP) is 3.71. The van der Waals surface area contributed by atoms with Crippen molar-refractivity contribution in [2.45, 2.75) is 12.8 Å². The Bertz CT molecular complexity index is 617. The van der Waals surface area contributed by atoms with Gasteiger partial charge in [0, 0.05) is 24.3 Å². The summed E-state index contributed by atoms with van der Waals surface area (Å²) in [6, 6.07) is 14.9. The Morgan fingerprint density at radius 1 is 1.00 bits per heavy atom. The molecule has 2 aromatic rings. The fraction of sp³-hybridized carbons (Fsp3) is 0.278. The van der Waals surface area contributed by atoms with Crippen LogP contribution >= 0.6 is 11.6 Å². The topological polar surface area (TPSA) is 61.5 Å². The largest absolute Gasteiger partial charge is 0.496 e. The van der Waals surface area contributed by atoms with E-state index >= 15 is 0 Å². The van der Waals surface area contributed by atoms with E-state index in [9.17, 15) is 4.79 Å². The molecule has 0 saturated carbocycles. The third-order valence-corrected chi connectivity index (χ3v) is 3.28. The summed E-state index contributed by atoms with van der Waals surface area (Å²) in [5, 5.41) is 0. The van der Waals surface area contributed by atoms with Gasteiger partial charge < -0.3 is 15.2 Å². The lowest BCUT2D eigenvalue weighted by atomic mass is 10.1. The molecule has 0 bridgehead atoms. The minimum absolute atomic E-state index is 0.143. The molecule has 2 N–H and O–H groups in total. The van der Waals surface area contributed by atoms with Crippen molar-refractivity contribution in [3.63, 3.8) is 0 Å². The number of nitrogen functional groups attached to an aromatic ring is 1. The molecule has 0 fully saturated rings. The minimum atomic E-state index is 0.143. The number of anilines is 1. The van der Waals surface area contributed by atoms with E-state index in [-0.39, 0.29) is 5.78 Å². The van der Waals surface area contributed by atoms with Gasteiger partial charge in [-0.2, -0.15) is 0 Å². The molecule has 23 heavy (non-hydrogen) atoms. The highest BCUT2D eigenvalue weighted by Gasteiger charge is 2.07. The Morgan fingerprint density at radius 2 is 1.57 bits per heavy atom. The van der Waals surface area contributed by atoms with Gasteiger partial charge in [0.25, 0.3) is 0 Å². The maximum absolute atomic E-state index is 11.3. The van der Waals surface area contributed by atoms with Crippen LogP contribution in [0.2, 0.25) is 0 Å². The first-order valence-electron chi connectivity index (χ1n) is 7.20. The summed E-state index contributed by atoms with van der Waals surface area (Å²) in [5.74, 6) is 2.02. The van der Waals surface area contributed by atoms with Gasteiger partial charge in [0.15, 0.2) is 0 Å². The van der Waals surface area contributed by atoms with Crippen molar-refractivity contribution in [3.05, 3.63) is 54.1 Å². The summed E-state index contributed by atoms with van der Waals surface area (Å²) in [6.07, 6.45) is 0.816. The fourth-order valence-corrected chi connectivity index (χ4v) is 2.13. The molecule has 0 heterocycles. The lowest BCUT2D eigenvalue weighted by molar-refractivity contribution is -0.118. The molecule has 0 radical (unpaired) electrons. The zero-order valence-electron chi connectivity index (χ0n) is 13.4. The summed E-state index contributed by atoms with van der Waals surface area (Å²) in [4.78, 5) is 11.3. The van der Waals surface area contributed by atoms with E-state index in [0.717, 1.165) is 17.1 Å². The average molecular weight is 336 g/mol. The van der Waals surface area contributed by atoms with Gasteiger partial charge in [0.05, 0.1) is 19.9 Å². The molecular weight excluding hydrogens is 314 g/mol. The van der Waals surface area contributed by atoms with Crippen LogP contribution in [0.15, 0.2) is 48.5 Å². The zero-order valence-corrected chi connectivity index (χ0v) is 14.2. The quantitative estimate of drug-likeness (QED) is 0.645.